The number of hydrogen-bond donors (Lipinski definition) is 0. The monoisotopic (exact) mass is 458 g/mol. The van der Waals surface area contributed by atoms with Crippen LogP contribution in [-0.2, 0) is 7.05 Å². The summed E-state index contributed by atoms with van der Waals surface area (Å²) in [5, 5.41) is 20.4. The number of furan rings is 1. The van der Waals surface area contributed by atoms with Crippen LogP contribution in [0.25, 0.3) is 22.4 Å². The van der Waals surface area contributed by atoms with Gasteiger partial charge in [0.05, 0.1) is 5.69 Å². The van der Waals surface area contributed by atoms with Gasteiger partial charge in [0.15, 0.2) is 11.0 Å². The van der Waals surface area contributed by atoms with Crippen molar-refractivity contribution in [1.29, 1.82) is 10.5 Å². The zero-order chi connectivity index (χ0) is 24.4. The second kappa shape index (κ2) is 8.93. The highest BCUT2D eigenvalue weighted by molar-refractivity contribution is 5.98. The Bertz CT molecular complexity index is 1790. The van der Waals surface area contributed by atoms with Gasteiger partial charge in [0.2, 0.25) is 11.4 Å². The third-order valence-electron chi connectivity index (χ3n) is 5.59. The molecule has 0 unspecified atom stereocenters. The maximum Gasteiger partial charge on any atom is 0.296 e. The van der Waals surface area contributed by atoms with Crippen molar-refractivity contribution in [3.63, 3.8) is 0 Å². The molecule has 0 saturated heterocycles. The van der Waals surface area contributed by atoms with Crippen molar-refractivity contribution in [2.75, 3.05) is 4.90 Å². The third kappa shape index (κ3) is 3.88. The van der Waals surface area contributed by atoms with E-state index >= 15 is 0 Å². The van der Waals surface area contributed by atoms with Crippen molar-refractivity contribution < 1.29 is 8.83 Å². The molecule has 0 bridgehead atoms. The van der Waals surface area contributed by atoms with Gasteiger partial charge < -0.3 is 8.83 Å². The van der Waals surface area contributed by atoms with Gasteiger partial charge in [0.25, 0.3) is 5.56 Å². The molecule has 5 aromatic rings. The molecule has 2 aromatic heterocycles. The molecule has 0 atom stereocenters. The predicted octanol–water partition coefficient (Wildman–Crippen LogP) is 4.22. The van der Waals surface area contributed by atoms with E-state index in [-0.39, 0.29) is 16.5 Å². The molecule has 5 rings (SSSR count). The quantitative estimate of drug-likeness (QED) is 0.400. The van der Waals surface area contributed by atoms with Crippen LogP contribution >= 0.6 is 0 Å². The normalized spacial score (nSPS) is 11.2. The molecule has 0 spiro atoms. The summed E-state index contributed by atoms with van der Waals surface area (Å²) in [6.45, 7) is 0. The Hall–Kier alpha value is -5.27. The van der Waals surface area contributed by atoms with E-state index in [0.29, 0.717) is 11.6 Å². The summed E-state index contributed by atoms with van der Waals surface area (Å²) < 4.78 is 12.8. The molecule has 7 nitrogen and oxygen atoms in total. The maximum absolute atomic E-state index is 12.6. The van der Waals surface area contributed by atoms with Gasteiger partial charge in [0.1, 0.15) is 17.9 Å². The van der Waals surface area contributed by atoms with Crippen molar-refractivity contribution in [3.8, 4) is 12.1 Å². The van der Waals surface area contributed by atoms with Gasteiger partial charge in [-0.1, -0.05) is 54.6 Å². The summed E-state index contributed by atoms with van der Waals surface area (Å²) in [6, 6.07) is 31.1. The lowest BCUT2D eigenvalue weighted by molar-refractivity contribution is 0.472. The summed E-state index contributed by atoms with van der Waals surface area (Å²) in [5.41, 5.74) is 0.949. The first kappa shape index (κ1) is 21.6. The van der Waals surface area contributed by atoms with Gasteiger partial charge in [-0.2, -0.15) is 10.5 Å². The molecule has 0 aliphatic carbocycles. The molecule has 35 heavy (non-hydrogen) atoms. The molecule has 7 heteroatoms. The molecule has 0 saturated carbocycles. The number of rotatable bonds is 4. The Morgan fingerprint density at radius 3 is 2.37 bits per heavy atom. The van der Waals surface area contributed by atoms with Crippen molar-refractivity contribution >= 4 is 39.7 Å². The third-order valence-corrected chi connectivity index (χ3v) is 5.59. The lowest BCUT2D eigenvalue weighted by Gasteiger charge is -2.24. The molecule has 3 aromatic carbocycles. The molecular weight excluding hydrogens is 440 g/mol. The summed E-state index contributed by atoms with van der Waals surface area (Å²) in [5.74, 6) is 0.929. The van der Waals surface area contributed by atoms with E-state index in [1.54, 1.807) is 18.2 Å². The van der Waals surface area contributed by atoms with Crippen LogP contribution in [0.5, 0.6) is 0 Å². The van der Waals surface area contributed by atoms with Crippen molar-refractivity contribution in [2.45, 2.75) is 0 Å². The number of fused-ring (bicyclic) bond motifs is 1. The zero-order valence-electron chi connectivity index (χ0n) is 18.7. The summed E-state index contributed by atoms with van der Waals surface area (Å²) in [4.78, 5) is 14.6. The molecule has 0 fully saturated rings. The Morgan fingerprint density at radius 2 is 1.60 bits per heavy atom. The van der Waals surface area contributed by atoms with Crippen LogP contribution in [0.2, 0.25) is 0 Å². The highest BCUT2D eigenvalue weighted by atomic mass is 16.4. The topological polar surface area (TPSA) is 99.1 Å². The minimum atomic E-state index is -0.477. The van der Waals surface area contributed by atoms with Gasteiger partial charge in [-0.3, -0.25) is 14.3 Å². The first-order valence-electron chi connectivity index (χ1n) is 10.8. The largest absolute Gasteiger partial charge is 0.440 e. The van der Waals surface area contributed by atoms with Crippen LogP contribution in [0.3, 0.4) is 0 Å². The molecule has 0 amide bonds. The SMILES string of the molecule is Cn1c(=C(C#N)C#N)o/c(=C/c2ccc(N(c3ccccc3)c3cccc4ccccc34)o2)c1=O. The molecule has 168 valence electrons. The van der Waals surface area contributed by atoms with E-state index in [4.69, 9.17) is 19.4 Å². The van der Waals surface area contributed by atoms with Crippen LogP contribution in [0.1, 0.15) is 5.76 Å². The number of aromatic nitrogens is 1. The number of benzene rings is 3. The van der Waals surface area contributed by atoms with Gasteiger partial charge in [-0.05, 0) is 29.7 Å². The second-order valence-corrected chi connectivity index (χ2v) is 7.72. The van der Waals surface area contributed by atoms with Gasteiger partial charge in [-0.25, -0.2) is 0 Å². The fourth-order valence-corrected chi connectivity index (χ4v) is 3.94. The summed E-state index contributed by atoms with van der Waals surface area (Å²) >= 11 is 0. The lowest BCUT2D eigenvalue weighted by Crippen LogP contribution is -2.29. The molecule has 0 aliphatic rings. The fourth-order valence-electron chi connectivity index (χ4n) is 3.94. The Balaban J connectivity index is 1.67. The second-order valence-electron chi connectivity index (χ2n) is 7.72. The molecular formula is C28H18N4O3. The molecule has 0 radical (unpaired) electrons. The van der Waals surface area contributed by atoms with E-state index in [2.05, 4.69) is 18.2 Å². The molecule has 0 aliphatic heterocycles. The van der Waals surface area contributed by atoms with Crippen molar-refractivity contribution in [2.24, 2.45) is 7.05 Å². The maximum atomic E-state index is 12.6. The number of anilines is 3. The fraction of sp³-hybridized carbons (Fsp3) is 0.0357. The smallest absolute Gasteiger partial charge is 0.296 e. The Kier molecular flexibility index (Phi) is 5.51. The number of oxazole rings is 1. The number of nitrogens with zero attached hydrogens (tertiary/aromatic N) is 4. The van der Waals surface area contributed by atoms with Crippen LogP contribution < -0.4 is 21.4 Å². The van der Waals surface area contributed by atoms with E-state index < -0.39 is 5.56 Å². The van der Waals surface area contributed by atoms with E-state index in [1.165, 1.54) is 13.1 Å². The van der Waals surface area contributed by atoms with Crippen molar-refractivity contribution in [3.05, 3.63) is 112 Å². The molecule has 2 heterocycles. The van der Waals surface area contributed by atoms with Gasteiger partial charge in [0, 0.05) is 30.3 Å². The minimum absolute atomic E-state index is 0.0391. The van der Waals surface area contributed by atoms with E-state index in [9.17, 15) is 4.79 Å². The zero-order valence-corrected chi connectivity index (χ0v) is 18.7. The number of nitriles is 2. The van der Waals surface area contributed by atoms with Gasteiger partial charge in [-0.15, -0.1) is 0 Å². The van der Waals surface area contributed by atoms with Crippen LogP contribution in [-0.4, -0.2) is 4.57 Å². The number of hydrogen-bond acceptors (Lipinski definition) is 6. The minimum Gasteiger partial charge on any atom is -0.440 e. The highest BCUT2D eigenvalue weighted by Gasteiger charge is 2.18. The predicted molar refractivity (Wildman–Crippen MR) is 132 cm³/mol. The molecule has 0 N–H and O–H groups in total. The first-order valence-corrected chi connectivity index (χ1v) is 10.8. The van der Waals surface area contributed by atoms with Crippen molar-refractivity contribution in [1.82, 2.24) is 4.57 Å². The van der Waals surface area contributed by atoms with Crippen LogP contribution in [0, 0.1) is 22.7 Å². The Morgan fingerprint density at radius 1 is 0.886 bits per heavy atom. The summed E-state index contributed by atoms with van der Waals surface area (Å²) in [7, 11) is 1.44. The first-order chi connectivity index (χ1) is 17.1. The Labute approximate surface area is 199 Å². The van der Waals surface area contributed by atoms with Gasteiger partial charge >= 0.3 is 0 Å². The average molecular weight is 458 g/mol. The number of para-hydroxylation sites is 1. The lowest BCUT2D eigenvalue weighted by atomic mass is 10.1. The van der Waals surface area contributed by atoms with E-state index in [0.717, 1.165) is 26.7 Å². The average Bonchev–Trinajstić information content (AvgIpc) is 3.46. The standard InChI is InChI=1S/C28H18N4O3/c1-31-27(33)25(35-28(31)20(17-29)18-30)16-22-14-15-26(34-22)32(21-10-3-2-4-11-21)24-13-7-9-19-8-5-6-12-23(19)24/h2-16H,1H3/b25-16+. The van der Waals surface area contributed by atoms with Crippen LogP contribution in [0.4, 0.5) is 17.3 Å². The summed E-state index contributed by atoms with van der Waals surface area (Å²) in [6.07, 6.45) is 1.45. The highest BCUT2D eigenvalue weighted by Crippen LogP contribution is 2.39. The van der Waals surface area contributed by atoms with Crippen LogP contribution in [0.15, 0.2) is 98.6 Å². The van der Waals surface area contributed by atoms with E-state index in [1.807, 2.05) is 65.6 Å².